The minimum Gasteiger partial charge on any atom is -0.325 e. The van der Waals surface area contributed by atoms with Gasteiger partial charge in [0.15, 0.2) is 0 Å². The SMILES string of the molecule is O=C1Cc2c(ccc([N+](=O)[O-])c2Br)N1. The van der Waals surface area contributed by atoms with Crippen molar-refractivity contribution in [1.82, 2.24) is 0 Å². The van der Waals surface area contributed by atoms with Gasteiger partial charge >= 0.3 is 0 Å². The summed E-state index contributed by atoms with van der Waals surface area (Å²) in [7, 11) is 0. The van der Waals surface area contributed by atoms with Crippen LogP contribution in [0.25, 0.3) is 0 Å². The van der Waals surface area contributed by atoms with E-state index in [-0.39, 0.29) is 18.0 Å². The summed E-state index contributed by atoms with van der Waals surface area (Å²) in [6.45, 7) is 0. The van der Waals surface area contributed by atoms with Crippen molar-refractivity contribution >= 4 is 33.2 Å². The first-order valence-electron chi connectivity index (χ1n) is 3.85. The van der Waals surface area contributed by atoms with Crippen LogP contribution in [0.3, 0.4) is 0 Å². The fraction of sp³-hybridized carbons (Fsp3) is 0.125. The number of nitro groups is 1. The monoisotopic (exact) mass is 256 g/mol. The zero-order valence-corrected chi connectivity index (χ0v) is 8.50. The molecule has 5 nitrogen and oxygen atoms in total. The molecule has 1 amide bonds. The topological polar surface area (TPSA) is 72.2 Å². The predicted octanol–water partition coefficient (Wildman–Crippen LogP) is 1.85. The Morgan fingerprint density at radius 2 is 2.21 bits per heavy atom. The summed E-state index contributed by atoms with van der Waals surface area (Å²) in [6.07, 6.45) is 0.192. The number of nitrogens with one attached hydrogen (secondary N) is 1. The molecule has 0 radical (unpaired) electrons. The van der Waals surface area contributed by atoms with E-state index in [1.54, 1.807) is 6.07 Å². The molecule has 0 unspecified atom stereocenters. The van der Waals surface area contributed by atoms with Crippen molar-refractivity contribution in [1.29, 1.82) is 0 Å². The molecule has 0 saturated carbocycles. The number of carbonyl (C=O) groups excluding carboxylic acids is 1. The molecule has 1 heterocycles. The van der Waals surface area contributed by atoms with Gasteiger partial charge in [-0.1, -0.05) is 0 Å². The fourth-order valence-electron chi connectivity index (χ4n) is 1.39. The van der Waals surface area contributed by atoms with Gasteiger partial charge in [0.05, 0.1) is 11.3 Å². The molecule has 0 atom stereocenters. The summed E-state index contributed by atoms with van der Waals surface area (Å²) in [5, 5.41) is 13.2. The molecule has 0 bridgehead atoms. The van der Waals surface area contributed by atoms with E-state index in [0.717, 1.165) is 0 Å². The Labute approximate surface area is 87.4 Å². The maximum Gasteiger partial charge on any atom is 0.283 e. The highest BCUT2D eigenvalue weighted by atomic mass is 79.9. The molecule has 1 aromatic carbocycles. The van der Waals surface area contributed by atoms with Crippen LogP contribution in [0.2, 0.25) is 0 Å². The van der Waals surface area contributed by atoms with Crippen molar-refractivity contribution in [2.24, 2.45) is 0 Å². The first-order chi connectivity index (χ1) is 6.59. The number of hydrogen-bond donors (Lipinski definition) is 1. The molecule has 1 aromatic rings. The highest BCUT2D eigenvalue weighted by Crippen LogP contribution is 2.36. The first-order valence-corrected chi connectivity index (χ1v) is 4.64. The lowest BCUT2D eigenvalue weighted by Gasteiger charge is -2.01. The van der Waals surface area contributed by atoms with Crippen molar-refractivity contribution in [3.63, 3.8) is 0 Å². The second-order valence-corrected chi connectivity index (χ2v) is 3.70. The number of hydrogen-bond acceptors (Lipinski definition) is 3. The van der Waals surface area contributed by atoms with E-state index in [9.17, 15) is 14.9 Å². The summed E-state index contributed by atoms with van der Waals surface area (Å²) >= 11 is 3.13. The lowest BCUT2D eigenvalue weighted by molar-refractivity contribution is -0.385. The van der Waals surface area contributed by atoms with Gasteiger partial charge in [-0.2, -0.15) is 0 Å². The van der Waals surface area contributed by atoms with Crippen LogP contribution >= 0.6 is 15.9 Å². The van der Waals surface area contributed by atoms with E-state index < -0.39 is 4.92 Å². The highest BCUT2D eigenvalue weighted by molar-refractivity contribution is 9.10. The molecule has 2 rings (SSSR count). The Kier molecular flexibility index (Phi) is 1.99. The Hall–Kier alpha value is -1.43. The van der Waals surface area contributed by atoms with E-state index in [2.05, 4.69) is 21.2 Å². The Bertz CT molecular complexity index is 444. The van der Waals surface area contributed by atoms with Gasteiger partial charge in [0.2, 0.25) is 5.91 Å². The third kappa shape index (κ3) is 1.27. The normalized spacial score (nSPS) is 13.6. The van der Waals surface area contributed by atoms with Crippen molar-refractivity contribution in [2.45, 2.75) is 6.42 Å². The molecule has 0 aromatic heterocycles. The quantitative estimate of drug-likeness (QED) is 0.616. The summed E-state index contributed by atoms with van der Waals surface area (Å²) in [4.78, 5) is 21.1. The van der Waals surface area contributed by atoms with Crippen LogP contribution in [0.4, 0.5) is 11.4 Å². The minimum absolute atomic E-state index is 0.0137. The third-order valence-corrected chi connectivity index (χ3v) is 2.92. The smallest absolute Gasteiger partial charge is 0.283 e. The van der Waals surface area contributed by atoms with Gasteiger partial charge < -0.3 is 5.32 Å². The lowest BCUT2D eigenvalue weighted by Crippen LogP contribution is -2.03. The third-order valence-electron chi connectivity index (χ3n) is 2.03. The van der Waals surface area contributed by atoms with Crippen LogP contribution in [0.5, 0.6) is 0 Å². The zero-order chi connectivity index (χ0) is 10.3. The lowest BCUT2D eigenvalue weighted by atomic mass is 10.1. The molecule has 14 heavy (non-hydrogen) atoms. The van der Waals surface area contributed by atoms with Crippen LogP contribution in [0.15, 0.2) is 16.6 Å². The summed E-state index contributed by atoms with van der Waals surface area (Å²) < 4.78 is 0.387. The van der Waals surface area contributed by atoms with Gasteiger partial charge in [-0.05, 0) is 22.0 Å². The number of anilines is 1. The van der Waals surface area contributed by atoms with Gasteiger partial charge in [0, 0.05) is 17.3 Å². The summed E-state index contributed by atoms with van der Waals surface area (Å²) in [5.74, 6) is -0.138. The van der Waals surface area contributed by atoms with Crippen molar-refractivity contribution in [2.75, 3.05) is 5.32 Å². The largest absolute Gasteiger partial charge is 0.325 e. The van der Waals surface area contributed by atoms with E-state index >= 15 is 0 Å². The van der Waals surface area contributed by atoms with Gasteiger partial charge in [0.1, 0.15) is 4.47 Å². The van der Waals surface area contributed by atoms with Gasteiger partial charge in [0.25, 0.3) is 5.69 Å². The Morgan fingerprint density at radius 1 is 1.50 bits per heavy atom. The Morgan fingerprint density at radius 3 is 2.86 bits per heavy atom. The number of rotatable bonds is 1. The van der Waals surface area contributed by atoms with E-state index in [4.69, 9.17) is 0 Å². The molecule has 6 heteroatoms. The van der Waals surface area contributed by atoms with Gasteiger partial charge in [-0.25, -0.2) is 0 Å². The standard InChI is InChI=1S/C8H5BrN2O3/c9-8-4-3-7(12)10-5(4)1-2-6(8)11(13)14/h1-2H,3H2,(H,10,12). The van der Waals surface area contributed by atoms with E-state index in [1.165, 1.54) is 6.07 Å². The van der Waals surface area contributed by atoms with Crippen molar-refractivity contribution in [3.05, 3.63) is 32.3 Å². The fourth-order valence-corrected chi connectivity index (χ4v) is 2.03. The highest BCUT2D eigenvalue weighted by Gasteiger charge is 2.25. The van der Waals surface area contributed by atoms with Gasteiger partial charge in [-0.3, -0.25) is 14.9 Å². The Balaban J connectivity index is 2.59. The average Bonchev–Trinajstić information content (AvgIpc) is 2.46. The predicted molar refractivity (Wildman–Crippen MR) is 53.1 cm³/mol. The van der Waals surface area contributed by atoms with Crippen LogP contribution in [0.1, 0.15) is 5.56 Å². The molecule has 1 aliphatic rings. The first kappa shape index (κ1) is 9.14. The number of amides is 1. The van der Waals surface area contributed by atoms with E-state index in [1.807, 2.05) is 0 Å². The number of nitro benzene ring substituents is 1. The van der Waals surface area contributed by atoms with Gasteiger partial charge in [-0.15, -0.1) is 0 Å². The molecule has 1 N–H and O–H groups in total. The summed E-state index contributed by atoms with van der Waals surface area (Å²) in [6, 6.07) is 2.91. The minimum atomic E-state index is -0.479. The molecule has 0 saturated heterocycles. The molecule has 0 spiro atoms. The van der Waals surface area contributed by atoms with E-state index in [0.29, 0.717) is 15.7 Å². The molecule has 72 valence electrons. The number of fused-ring (bicyclic) bond motifs is 1. The van der Waals surface area contributed by atoms with Crippen LogP contribution in [-0.2, 0) is 11.2 Å². The second kappa shape index (κ2) is 3.06. The number of benzene rings is 1. The maximum atomic E-state index is 11.0. The van der Waals surface area contributed by atoms with Crippen molar-refractivity contribution in [3.8, 4) is 0 Å². The van der Waals surface area contributed by atoms with Crippen LogP contribution in [0, 0.1) is 10.1 Å². The number of carbonyl (C=O) groups is 1. The average molecular weight is 257 g/mol. The maximum absolute atomic E-state index is 11.0. The molecular weight excluding hydrogens is 252 g/mol. The van der Waals surface area contributed by atoms with Crippen LogP contribution in [-0.4, -0.2) is 10.8 Å². The summed E-state index contributed by atoms with van der Waals surface area (Å²) in [5.41, 5.74) is 1.29. The number of nitrogens with zero attached hydrogens (tertiary/aromatic N) is 1. The molecule has 0 aliphatic carbocycles. The molecule has 0 fully saturated rings. The zero-order valence-electron chi connectivity index (χ0n) is 6.91. The molecule has 1 aliphatic heterocycles. The number of halogens is 1. The second-order valence-electron chi connectivity index (χ2n) is 2.91. The molecular formula is C8H5BrN2O3. The van der Waals surface area contributed by atoms with Crippen molar-refractivity contribution < 1.29 is 9.72 Å². The van der Waals surface area contributed by atoms with Crippen LogP contribution < -0.4 is 5.32 Å².